The molecule has 0 spiro atoms. The van der Waals surface area contributed by atoms with Gasteiger partial charge in [-0.05, 0) is 45.7 Å². The molecule has 0 bridgehead atoms. The average molecular weight is 312 g/mol. The molecule has 1 fully saturated rings. The molecule has 1 aliphatic heterocycles. The minimum absolute atomic E-state index is 0.144. The summed E-state index contributed by atoms with van der Waals surface area (Å²) in [6.45, 7) is 9.95. The molecule has 1 aromatic rings. The van der Waals surface area contributed by atoms with Crippen LogP contribution in [0.5, 0.6) is 0 Å². The van der Waals surface area contributed by atoms with Crippen molar-refractivity contribution in [2.24, 2.45) is 0 Å². The Balaban J connectivity index is 2.50. The van der Waals surface area contributed by atoms with Crippen molar-refractivity contribution in [1.82, 2.24) is 4.31 Å². The highest BCUT2D eigenvalue weighted by molar-refractivity contribution is 7.89. The van der Waals surface area contributed by atoms with Crippen molar-refractivity contribution in [1.29, 1.82) is 0 Å². The molecule has 118 valence electrons. The number of benzene rings is 1. The third kappa shape index (κ3) is 3.07. The number of aryl methyl sites for hydroxylation is 2. The third-order valence-corrected chi connectivity index (χ3v) is 5.76. The van der Waals surface area contributed by atoms with Crippen LogP contribution in [0.1, 0.15) is 31.9 Å². The molecule has 5 nitrogen and oxygen atoms in total. The number of hydrogen-bond acceptors (Lipinski definition) is 4. The molecule has 1 atom stereocenters. The van der Waals surface area contributed by atoms with Crippen molar-refractivity contribution < 1.29 is 13.2 Å². The van der Waals surface area contributed by atoms with Crippen LogP contribution in [-0.2, 0) is 14.8 Å². The van der Waals surface area contributed by atoms with Gasteiger partial charge in [0, 0.05) is 13.1 Å². The summed E-state index contributed by atoms with van der Waals surface area (Å²) >= 11 is 0. The van der Waals surface area contributed by atoms with Gasteiger partial charge in [-0.3, -0.25) is 0 Å². The van der Waals surface area contributed by atoms with E-state index in [4.69, 9.17) is 10.5 Å². The number of anilines is 1. The van der Waals surface area contributed by atoms with E-state index in [1.807, 2.05) is 33.8 Å². The quantitative estimate of drug-likeness (QED) is 0.849. The molecule has 6 heteroatoms. The van der Waals surface area contributed by atoms with E-state index >= 15 is 0 Å². The topological polar surface area (TPSA) is 72.6 Å². The highest BCUT2D eigenvalue weighted by Gasteiger charge is 2.39. The summed E-state index contributed by atoms with van der Waals surface area (Å²) in [5.41, 5.74) is 7.33. The fourth-order valence-corrected chi connectivity index (χ4v) is 4.92. The number of ether oxygens (including phenoxy) is 1. The Bertz CT molecular complexity index is 653. The molecule has 1 unspecified atom stereocenters. The van der Waals surface area contributed by atoms with Gasteiger partial charge in [-0.2, -0.15) is 4.31 Å². The minimum Gasteiger partial charge on any atom is -0.397 e. The zero-order valence-electron chi connectivity index (χ0n) is 13.3. The lowest BCUT2D eigenvalue weighted by Crippen LogP contribution is -2.53. The fraction of sp³-hybridized carbons (Fsp3) is 0.600. The van der Waals surface area contributed by atoms with Gasteiger partial charge in [0.2, 0.25) is 10.0 Å². The van der Waals surface area contributed by atoms with Gasteiger partial charge in [-0.1, -0.05) is 12.1 Å². The summed E-state index contributed by atoms with van der Waals surface area (Å²) in [4.78, 5) is 0.229. The first kappa shape index (κ1) is 16.3. The van der Waals surface area contributed by atoms with Crippen LogP contribution in [0, 0.1) is 13.8 Å². The highest BCUT2D eigenvalue weighted by Crippen LogP contribution is 2.32. The lowest BCUT2D eigenvalue weighted by Gasteiger charge is -2.41. The maximum absolute atomic E-state index is 13.0. The van der Waals surface area contributed by atoms with Crippen LogP contribution in [-0.4, -0.2) is 37.5 Å². The monoisotopic (exact) mass is 312 g/mol. The fourth-order valence-electron chi connectivity index (χ4n) is 2.86. The smallest absolute Gasteiger partial charge is 0.245 e. The Kier molecular flexibility index (Phi) is 4.08. The minimum atomic E-state index is -3.62. The first-order valence-corrected chi connectivity index (χ1v) is 8.52. The predicted octanol–water partition coefficient (Wildman–Crippen LogP) is 2.07. The Morgan fingerprint density at radius 1 is 1.29 bits per heavy atom. The molecule has 0 saturated carbocycles. The van der Waals surface area contributed by atoms with E-state index in [0.717, 1.165) is 5.56 Å². The van der Waals surface area contributed by atoms with Gasteiger partial charge in [0.15, 0.2) is 0 Å². The number of nitrogen functional groups attached to an aromatic ring is 1. The van der Waals surface area contributed by atoms with Crippen LogP contribution in [0.2, 0.25) is 0 Å². The molecule has 2 N–H and O–H groups in total. The summed E-state index contributed by atoms with van der Waals surface area (Å²) in [6.07, 6.45) is -0.144. The number of sulfonamides is 1. The molecular weight excluding hydrogens is 288 g/mol. The molecule has 21 heavy (non-hydrogen) atoms. The van der Waals surface area contributed by atoms with Crippen LogP contribution in [0.3, 0.4) is 0 Å². The molecule has 0 amide bonds. The van der Waals surface area contributed by atoms with Crippen molar-refractivity contribution in [2.75, 3.05) is 18.8 Å². The van der Waals surface area contributed by atoms with Crippen LogP contribution in [0.25, 0.3) is 0 Å². The van der Waals surface area contributed by atoms with E-state index in [1.54, 1.807) is 13.0 Å². The molecule has 1 aromatic carbocycles. The van der Waals surface area contributed by atoms with Gasteiger partial charge in [0.25, 0.3) is 0 Å². The zero-order chi connectivity index (χ0) is 16.0. The second kappa shape index (κ2) is 5.26. The number of morpholine rings is 1. The molecule has 1 aliphatic rings. The Morgan fingerprint density at radius 3 is 2.43 bits per heavy atom. The summed E-state index contributed by atoms with van der Waals surface area (Å²) in [5, 5.41) is 0. The van der Waals surface area contributed by atoms with Gasteiger partial charge in [0.1, 0.15) is 4.90 Å². The summed E-state index contributed by atoms with van der Waals surface area (Å²) in [7, 11) is -3.62. The van der Waals surface area contributed by atoms with Crippen molar-refractivity contribution in [3.63, 3.8) is 0 Å². The maximum atomic E-state index is 13.0. The first-order chi connectivity index (χ1) is 9.54. The number of nitrogens with two attached hydrogens (primary N) is 1. The van der Waals surface area contributed by atoms with Crippen LogP contribution in [0.4, 0.5) is 5.69 Å². The van der Waals surface area contributed by atoms with Gasteiger partial charge < -0.3 is 10.5 Å². The molecule has 0 aromatic heterocycles. The van der Waals surface area contributed by atoms with E-state index in [1.165, 1.54) is 4.31 Å². The van der Waals surface area contributed by atoms with Crippen molar-refractivity contribution in [2.45, 2.75) is 51.2 Å². The van der Waals surface area contributed by atoms with Gasteiger partial charge >= 0.3 is 0 Å². The van der Waals surface area contributed by atoms with Crippen LogP contribution >= 0.6 is 0 Å². The average Bonchev–Trinajstić information content (AvgIpc) is 2.31. The molecule has 1 saturated heterocycles. The van der Waals surface area contributed by atoms with Crippen LogP contribution < -0.4 is 5.73 Å². The lowest BCUT2D eigenvalue weighted by atomic mass is 10.1. The van der Waals surface area contributed by atoms with E-state index < -0.39 is 15.6 Å². The first-order valence-electron chi connectivity index (χ1n) is 7.08. The number of rotatable bonds is 2. The Hall–Kier alpha value is -1.11. The van der Waals surface area contributed by atoms with E-state index in [0.29, 0.717) is 24.3 Å². The standard InChI is InChI=1S/C15H24N2O3S/c1-10-6-7-11(2)14(13(10)16)21(18,19)17-8-12(3)20-15(4,5)9-17/h6-7,12H,8-9,16H2,1-5H3. The summed E-state index contributed by atoms with van der Waals surface area (Å²) in [6, 6.07) is 3.64. The molecule has 0 aliphatic carbocycles. The van der Waals surface area contributed by atoms with Gasteiger partial charge in [-0.15, -0.1) is 0 Å². The highest BCUT2D eigenvalue weighted by atomic mass is 32.2. The molecule has 1 heterocycles. The SMILES string of the molecule is Cc1ccc(C)c(S(=O)(=O)N2CC(C)OC(C)(C)C2)c1N. The van der Waals surface area contributed by atoms with E-state index in [-0.39, 0.29) is 11.0 Å². The predicted molar refractivity (Wildman–Crippen MR) is 83.7 cm³/mol. The normalized spacial score (nSPS) is 23.2. The van der Waals surface area contributed by atoms with E-state index in [9.17, 15) is 8.42 Å². The largest absolute Gasteiger partial charge is 0.397 e. The Morgan fingerprint density at radius 2 is 1.86 bits per heavy atom. The second-order valence-corrected chi connectivity index (χ2v) is 8.30. The summed E-state index contributed by atoms with van der Waals surface area (Å²) in [5.74, 6) is 0. The number of nitrogens with zero attached hydrogens (tertiary/aromatic N) is 1. The van der Waals surface area contributed by atoms with Crippen molar-refractivity contribution in [3.05, 3.63) is 23.3 Å². The summed E-state index contributed by atoms with van der Waals surface area (Å²) < 4.78 is 33.3. The molecular formula is C15H24N2O3S. The third-order valence-electron chi connectivity index (χ3n) is 3.75. The van der Waals surface area contributed by atoms with Gasteiger partial charge in [-0.25, -0.2) is 8.42 Å². The number of hydrogen-bond donors (Lipinski definition) is 1. The van der Waals surface area contributed by atoms with E-state index in [2.05, 4.69) is 0 Å². The maximum Gasteiger partial charge on any atom is 0.245 e. The molecule has 2 rings (SSSR count). The molecule has 0 radical (unpaired) electrons. The lowest BCUT2D eigenvalue weighted by molar-refractivity contribution is -0.109. The Labute approximate surface area is 127 Å². The zero-order valence-corrected chi connectivity index (χ0v) is 14.1. The second-order valence-electron chi connectivity index (χ2n) is 6.43. The van der Waals surface area contributed by atoms with Crippen LogP contribution in [0.15, 0.2) is 17.0 Å². The van der Waals surface area contributed by atoms with Gasteiger partial charge in [0.05, 0.1) is 17.4 Å². The van der Waals surface area contributed by atoms with Crippen molar-refractivity contribution in [3.8, 4) is 0 Å². The van der Waals surface area contributed by atoms with Crippen molar-refractivity contribution >= 4 is 15.7 Å².